The lowest BCUT2D eigenvalue weighted by Gasteiger charge is -2.27. The maximum absolute atomic E-state index is 15.2. The zero-order chi connectivity index (χ0) is 99.3. The summed E-state index contributed by atoms with van der Waals surface area (Å²) in [5.41, 5.74) is 33.0. The quantitative estimate of drug-likeness (QED) is 0.0177. The van der Waals surface area contributed by atoms with Crippen LogP contribution in [0.2, 0.25) is 10.2 Å². The van der Waals surface area contributed by atoms with E-state index in [1.807, 2.05) is 31.2 Å². The Morgan fingerprint density at radius 3 is 1.14 bits per heavy atom. The molecule has 0 saturated heterocycles. The van der Waals surface area contributed by atoms with Crippen molar-refractivity contribution in [2.75, 3.05) is 30.0 Å². The van der Waals surface area contributed by atoms with E-state index in [9.17, 15) is 48.4 Å². The van der Waals surface area contributed by atoms with Crippen molar-refractivity contribution in [1.82, 2.24) is 66.1 Å². The second-order valence-corrected chi connectivity index (χ2v) is 38.0. The van der Waals surface area contributed by atoms with Gasteiger partial charge in [-0.3, -0.25) is 19.2 Å². The van der Waals surface area contributed by atoms with Gasteiger partial charge in [-0.25, -0.2) is 66.8 Å². The smallest absolute Gasteiger partial charge is 0.254 e. The number of nitrogens with zero attached hydrogens (tertiary/aromatic N) is 9. The minimum absolute atomic E-state index is 0.0181. The van der Waals surface area contributed by atoms with Crippen molar-refractivity contribution in [3.05, 3.63) is 298 Å². The van der Waals surface area contributed by atoms with E-state index in [0.717, 1.165) is 129 Å². The first-order valence-electron chi connectivity index (χ1n) is 46.5. The van der Waals surface area contributed by atoms with Crippen LogP contribution < -0.4 is 44.2 Å². The van der Waals surface area contributed by atoms with Gasteiger partial charge < -0.3 is 69.4 Å². The molecule has 0 aliphatic heterocycles. The summed E-state index contributed by atoms with van der Waals surface area (Å²) in [6, 6.07) is 39.7. The number of aliphatic hydroxyl groups excluding tert-OH is 4. The van der Waals surface area contributed by atoms with E-state index in [4.69, 9.17) is 55.9 Å². The molecule has 5 heterocycles. The molecule has 5 aromatic heterocycles. The highest BCUT2D eigenvalue weighted by Gasteiger charge is 2.32. The highest BCUT2D eigenvalue weighted by molar-refractivity contribution is 9.10. The third-order valence-corrected chi connectivity index (χ3v) is 26.9. The zero-order valence-corrected chi connectivity index (χ0v) is 81.8. The van der Waals surface area contributed by atoms with Crippen LogP contribution in [0.15, 0.2) is 191 Å². The molecule has 139 heavy (non-hydrogen) atoms. The van der Waals surface area contributed by atoms with Crippen molar-refractivity contribution in [3.63, 3.8) is 0 Å². The fraction of sp³-hybridized carbons (Fsp3) is 0.356. The Hall–Kier alpha value is -11.9. The first-order chi connectivity index (χ1) is 66.8. The van der Waals surface area contributed by atoms with Crippen LogP contribution in [0.1, 0.15) is 278 Å². The first-order valence-corrected chi connectivity index (χ1v) is 48.8. The minimum atomic E-state index is -0.932. The predicted molar refractivity (Wildman–Crippen MR) is 533 cm³/mol. The molecule has 4 aliphatic carbocycles. The second-order valence-electron chi connectivity index (χ2n) is 35.4. The van der Waals surface area contributed by atoms with Gasteiger partial charge in [-0.15, -0.1) is 0 Å². The van der Waals surface area contributed by atoms with Crippen molar-refractivity contribution in [2.24, 2.45) is 0 Å². The molecule has 16 N–H and O–H groups in total. The van der Waals surface area contributed by atoms with Gasteiger partial charge in [0.1, 0.15) is 80.3 Å². The summed E-state index contributed by atoms with van der Waals surface area (Å²) in [6.07, 6.45) is 21.0. The topological polar surface area (TPSA) is 427 Å². The highest BCUT2D eigenvalue weighted by atomic mass is 79.9. The molecule has 4 atom stereocenters. The van der Waals surface area contributed by atoms with Crippen LogP contribution in [-0.4, -0.2) is 127 Å². The molecule has 0 radical (unpaired) electrons. The number of halogens is 9. The summed E-state index contributed by atoms with van der Waals surface area (Å²) >= 11 is 18.6. The van der Waals surface area contributed by atoms with Gasteiger partial charge >= 0.3 is 0 Å². The lowest BCUT2D eigenvalue weighted by Crippen LogP contribution is -2.35. The third-order valence-electron chi connectivity index (χ3n) is 25.5. The van der Waals surface area contributed by atoms with Gasteiger partial charge in [0.2, 0.25) is 0 Å². The molecule has 16 rings (SSSR count). The van der Waals surface area contributed by atoms with Crippen LogP contribution in [0.5, 0.6) is 0 Å². The summed E-state index contributed by atoms with van der Waals surface area (Å²) in [5.74, 6) is -3.96. The van der Waals surface area contributed by atoms with Gasteiger partial charge in [-0.2, -0.15) is 0 Å². The number of nitrogen functional groups attached to an aromatic ring is 4. The summed E-state index contributed by atoms with van der Waals surface area (Å²) in [4.78, 5) is 91.2. The van der Waals surface area contributed by atoms with Crippen molar-refractivity contribution in [2.45, 2.75) is 228 Å². The molecule has 12 aromatic rings. The molecule has 0 spiro atoms. The van der Waals surface area contributed by atoms with Gasteiger partial charge in [-0.1, -0.05) is 136 Å². The molecule has 26 nitrogen and oxygen atoms in total. The van der Waals surface area contributed by atoms with Crippen LogP contribution in [0.3, 0.4) is 0 Å². The average Bonchev–Trinajstić information content (AvgIpc) is 0.802. The third kappa shape index (κ3) is 28.0. The monoisotopic (exact) mass is 2070 g/mol. The maximum atomic E-state index is 15.2. The number of carbonyl (C=O) groups excluding carboxylic acids is 4. The number of hydrogen-bond donors (Lipinski definition) is 12. The Bertz CT molecular complexity index is 6290. The fourth-order valence-electron chi connectivity index (χ4n) is 17.8. The number of aliphatic hydroxyl groups is 4. The van der Waals surface area contributed by atoms with Gasteiger partial charge in [0, 0.05) is 67.0 Å². The number of anilines is 4. The summed E-state index contributed by atoms with van der Waals surface area (Å²) in [7, 11) is 1.75. The lowest BCUT2D eigenvalue weighted by atomic mass is 9.85. The van der Waals surface area contributed by atoms with E-state index in [1.54, 1.807) is 105 Å². The largest absolute Gasteiger partial charge is 0.393 e. The van der Waals surface area contributed by atoms with Crippen LogP contribution in [0.25, 0.3) is 45.0 Å². The molecule has 35 heteroatoms. The Kier molecular flexibility index (Phi) is 37.0. The molecule has 0 bridgehead atoms. The normalized spacial score (nSPS) is 18.8. The Morgan fingerprint density at radius 2 is 0.784 bits per heavy atom. The van der Waals surface area contributed by atoms with Crippen LogP contribution in [-0.2, 0) is 11.3 Å². The van der Waals surface area contributed by atoms with Crippen LogP contribution in [0.4, 0.5) is 45.2 Å². The zero-order valence-electron chi connectivity index (χ0n) is 77.2. The second kappa shape index (κ2) is 49.3. The number of pyridine rings is 1. The number of carbonyl (C=O) groups is 4. The highest BCUT2D eigenvalue weighted by Crippen LogP contribution is 2.41. The van der Waals surface area contributed by atoms with Gasteiger partial charge in [0.25, 0.3) is 23.6 Å². The summed E-state index contributed by atoms with van der Waals surface area (Å²) < 4.78 is 81.1. The summed E-state index contributed by atoms with van der Waals surface area (Å²) in [6.45, 7) is 5.66. The van der Waals surface area contributed by atoms with Crippen molar-refractivity contribution < 1.29 is 66.3 Å². The standard InChI is InChI=1S/C28H32BrFN4O2.C27H29BrF2N4O2.C26H28ClFN4O3.C23H23ClFN5O2/c1-3-5-24(18-6-4-7-20(29)14-18)34-28(35)22-13-10-19(15-23(22)30)26-27(31)32-16-25(33-26)17-8-11-21(36-2)12-9-17;1-2-3-23(17-10-18(28)13-19(29)11-17)34-27(36)21-9-6-16(12-22(21)30)25-26(31)32-14-24(33-25)15-4-7-20(35)8-5-15;1-14(33)23(16-3-2-4-18(27)11-16)32-26(35)20-10-7-17(12-21(20)28)24-25(29)30-13-22(31-24)15-5-8-19(34)9-6-15;24-20-3-1-2-15(29-20)11-28-23(32)17-9-6-14(10-18(17)25)21-22(26)27-12-19(30-21)13-4-7-16(31)8-5-13/h4,6-7,10,13-17,21,24H,3,5,8-9,11-12H2,1-2H3,(H2,31,32)(H,34,35);6,9-15,20,23,35H,2-5,7-8H2,1H3,(H2,31,32)(H,34,36);2-4,7,10-15,19,23,33-34H,5-6,8-9H2,1H3,(H2,29,30)(H,32,35);1-3,6,9-10,12-13,16,31H,4-5,7-8,11H2,(H2,26,27)(H,28,32)/t17?,21?,24-;15?,20?,23-;14-,15?,19?,23-;/m111./s1. The van der Waals surface area contributed by atoms with Crippen molar-refractivity contribution >= 4 is 102 Å². The lowest BCUT2D eigenvalue weighted by molar-refractivity contribution is 0.0655. The van der Waals surface area contributed by atoms with Crippen LogP contribution >= 0.6 is 55.1 Å². The van der Waals surface area contributed by atoms with Gasteiger partial charge in [0.15, 0.2) is 0 Å². The van der Waals surface area contributed by atoms with E-state index >= 15 is 13.2 Å². The summed E-state index contributed by atoms with van der Waals surface area (Å²) in [5, 5.41) is 51.4. The Balaban J connectivity index is 0.000000156. The number of benzene rings is 7. The molecule has 7 aromatic carbocycles. The number of amides is 4. The average molecular weight is 2070 g/mol. The molecule has 4 saturated carbocycles. The van der Waals surface area contributed by atoms with Gasteiger partial charge in [-0.05, 0) is 242 Å². The molecular formula is C104H112Br2Cl2F5N17O9. The molecule has 4 aliphatic rings. The van der Waals surface area contributed by atoms with Crippen LogP contribution in [0, 0.1) is 29.1 Å². The van der Waals surface area contributed by atoms with E-state index in [-0.39, 0.29) is 106 Å². The number of methoxy groups -OCH3 is 1. The van der Waals surface area contributed by atoms with E-state index in [1.165, 1.54) is 67.6 Å². The number of aromatic nitrogens is 9. The molecule has 0 unspecified atom stereocenters. The molecular weight excluding hydrogens is 1960 g/mol. The Labute approximate surface area is 830 Å². The van der Waals surface area contributed by atoms with Crippen molar-refractivity contribution in [1.29, 1.82) is 0 Å². The molecule has 730 valence electrons. The Morgan fingerprint density at radius 1 is 0.424 bits per heavy atom. The van der Waals surface area contributed by atoms with Crippen molar-refractivity contribution in [3.8, 4) is 45.0 Å². The van der Waals surface area contributed by atoms with E-state index in [0.29, 0.717) is 109 Å². The molecule has 4 fully saturated rings. The number of rotatable bonds is 26. The first kappa shape index (κ1) is 104. The van der Waals surface area contributed by atoms with E-state index < -0.39 is 70.9 Å². The maximum Gasteiger partial charge on any atom is 0.254 e. The number of nitrogens with one attached hydrogen (secondary N) is 4. The number of hydrogen-bond acceptors (Lipinski definition) is 22. The number of ether oxygens (including phenoxy) is 1. The fourth-order valence-corrected chi connectivity index (χ4v) is 19.1. The number of nitrogens with two attached hydrogens (primary N) is 4. The van der Waals surface area contributed by atoms with E-state index in [2.05, 4.69) is 99.9 Å². The minimum Gasteiger partial charge on any atom is -0.393 e. The predicted octanol–water partition coefficient (Wildman–Crippen LogP) is 20.9. The van der Waals surface area contributed by atoms with Gasteiger partial charge in [0.05, 0.1) is 131 Å². The molecule has 4 amide bonds. The SMILES string of the molecule is CCC[C@@H](NC(=O)c1ccc(-c2nc(C3CCC(O)CC3)cnc2N)cc1F)c1cc(F)cc(Br)c1.CCC[C@@H](NC(=O)c1ccc(-c2nc(C3CCC(OC)CC3)cnc2N)cc1F)c1cccc(Br)c1.C[C@@H](O)[C@@H](NC(=O)c1ccc(-c2nc(C3CCC(O)CC3)cnc2N)cc1F)c1cccc(Cl)c1.Nc1ncc(C2CCC(O)CC2)nc1-c1ccc(C(=O)NCc2cccc(Cl)n2)c(F)c1.